The van der Waals surface area contributed by atoms with E-state index in [-0.39, 0.29) is 5.92 Å². The summed E-state index contributed by atoms with van der Waals surface area (Å²) < 4.78 is 5.08. The summed E-state index contributed by atoms with van der Waals surface area (Å²) in [6.07, 6.45) is -1.93. The monoisotopic (exact) mass is 274 g/mol. The molecule has 1 amide bonds. The van der Waals surface area contributed by atoms with Crippen molar-refractivity contribution in [1.82, 2.24) is 5.32 Å². The van der Waals surface area contributed by atoms with Gasteiger partial charge >= 0.3 is 6.09 Å². The van der Waals surface area contributed by atoms with Crippen molar-refractivity contribution in [2.45, 2.75) is 65.2 Å². The lowest BCUT2D eigenvalue weighted by molar-refractivity contribution is -0.307. The van der Waals surface area contributed by atoms with Crippen molar-refractivity contribution in [3.05, 3.63) is 0 Å². The molecule has 6 nitrogen and oxygen atoms in total. The predicted molar refractivity (Wildman–Crippen MR) is 68.2 cm³/mol. The molecule has 0 radical (unpaired) electrons. The SMILES string of the molecule is CC(C)C[C@H](NC(=O)OC(C)(C)C)[C@H](O)CC(=O)[O-]. The molecule has 0 unspecified atom stereocenters. The Bertz CT molecular complexity index is 309. The Morgan fingerprint density at radius 2 is 1.84 bits per heavy atom. The van der Waals surface area contributed by atoms with Gasteiger partial charge in [0, 0.05) is 12.4 Å². The van der Waals surface area contributed by atoms with Crippen LogP contribution in [0.15, 0.2) is 0 Å². The largest absolute Gasteiger partial charge is 0.550 e. The number of hydrogen-bond donors (Lipinski definition) is 2. The summed E-state index contributed by atoms with van der Waals surface area (Å²) in [6.45, 7) is 9.00. The van der Waals surface area contributed by atoms with Crippen LogP contribution < -0.4 is 10.4 Å². The minimum absolute atomic E-state index is 0.191. The molecule has 0 rings (SSSR count). The Hall–Kier alpha value is -1.30. The Morgan fingerprint density at radius 1 is 1.32 bits per heavy atom. The van der Waals surface area contributed by atoms with Crippen LogP contribution in [0.3, 0.4) is 0 Å². The highest BCUT2D eigenvalue weighted by Crippen LogP contribution is 2.13. The second-order valence-electron chi connectivity index (χ2n) is 6.03. The van der Waals surface area contributed by atoms with Crippen molar-refractivity contribution in [2.24, 2.45) is 5.92 Å². The second-order valence-corrected chi connectivity index (χ2v) is 6.03. The molecule has 2 atom stereocenters. The number of aliphatic hydroxyl groups is 1. The molecule has 6 heteroatoms. The summed E-state index contributed by atoms with van der Waals surface area (Å²) in [7, 11) is 0. The first-order valence-corrected chi connectivity index (χ1v) is 6.38. The molecule has 0 aliphatic rings. The van der Waals surface area contributed by atoms with Crippen LogP contribution in [0.1, 0.15) is 47.5 Å². The zero-order chi connectivity index (χ0) is 15.2. The summed E-state index contributed by atoms with van der Waals surface area (Å²) >= 11 is 0. The fourth-order valence-electron chi connectivity index (χ4n) is 1.59. The van der Waals surface area contributed by atoms with Crippen LogP contribution in [-0.4, -0.2) is 34.9 Å². The van der Waals surface area contributed by atoms with Crippen LogP contribution in [0.2, 0.25) is 0 Å². The van der Waals surface area contributed by atoms with E-state index < -0.39 is 36.2 Å². The average molecular weight is 274 g/mol. The highest BCUT2D eigenvalue weighted by molar-refractivity contribution is 5.69. The normalized spacial score (nSPS) is 14.9. The molecule has 0 aliphatic carbocycles. The summed E-state index contributed by atoms with van der Waals surface area (Å²) in [6, 6.07) is -0.673. The minimum atomic E-state index is -1.35. The van der Waals surface area contributed by atoms with Gasteiger partial charge in [-0.15, -0.1) is 0 Å². The molecule has 0 aromatic heterocycles. The number of amides is 1. The fraction of sp³-hybridized carbons (Fsp3) is 0.846. The van der Waals surface area contributed by atoms with E-state index in [1.54, 1.807) is 20.8 Å². The number of ether oxygens (including phenoxy) is 1. The molecular weight excluding hydrogens is 250 g/mol. The van der Waals surface area contributed by atoms with Gasteiger partial charge in [0.25, 0.3) is 0 Å². The van der Waals surface area contributed by atoms with Gasteiger partial charge < -0.3 is 25.1 Å². The van der Waals surface area contributed by atoms with E-state index in [0.717, 1.165) is 0 Å². The van der Waals surface area contributed by atoms with Gasteiger partial charge in [-0.3, -0.25) is 0 Å². The molecular formula is C13H24NO5-. The molecule has 0 aromatic rings. The first-order chi connectivity index (χ1) is 8.51. The molecule has 0 saturated heterocycles. The van der Waals surface area contributed by atoms with Crippen molar-refractivity contribution >= 4 is 12.1 Å². The van der Waals surface area contributed by atoms with E-state index in [2.05, 4.69) is 5.32 Å². The Morgan fingerprint density at radius 3 is 2.21 bits per heavy atom. The van der Waals surface area contributed by atoms with Crippen LogP contribution >= 0.6 is 0 Å². The van der Waals surface area contributed by atoms with E-state index in [1.165, 1.54) is 0 Å². The fourth-order valence-corrected chi connectivity index (χ4v) is 1.59. The third kappa shape index (κ3) is 9.30. The van der Waals surface area contributed by atoms with Crippen molar-refractivity contribution in [2.75, 3.05) is 0 Å². The van der Waals surface area contributed by atoms with E-state index in [4.69, 9.17) is 4.74 Å². The van der Waals surface area contributed by atoms with Crippen LogP contribution in [0.5, 0.6) is 0 Å². The smallest absolute Gasteiger partial charge is 0.407 e. The number of aliphatic hydroxyl groups excluding tert-OH is 1. The number of carboxylic acid groups (broad SMARTS) is 1. The van der Waals surface area contributed by atoms with E-state index >= 15 is 0 Å². The lowest BCUT2D eigenvalue weighted by atomic mass is 9.97. The van der Waals surface area contributed by atoms with Crippen LogP contribution in [0, 0.1) is 5.92 Å². The number of carbonyl (C=O) groups is 2. The van der Waals surface area contributed by atoms with Crippen molar-refractivity contribution in [3.8, 4) is 0 Å². The molecule has 0 fully saturated rings. The molecule has 0 saturated carbocycles. The van der Waals surface area contributed by atoms with Gasteiger partial charge in [0.1, 0.15) is 5.60 Å². The maximum Gasteiger partial charge on any atom is 0.407 e. The molecule has 19 heavy (non-hydrogen) atoms. The second kappa shape index (κ2) is 7.33. The van der Waals surface area contributed by atoms with Gasteiger partial charge in [0.2, 0.25) is 0 Å². The molecule has 112 valence electrons. The highest BCUT2D eigenvalue weighted by Gasteiger charge is 2.25. The topological polar surface area (TPSA) is 98.7 Å². The third-order valence-corrected chi connectivity index (χ3v) is 2.27. The van der Waals surface area contributed by atoms with E-state index in [9.17, 15) is 19.8 Å². The van der Waals surface area contributed by atoms with Gasteiger partial charge in [0.15, 0.2) is 0 Å². The van der Waals surface area contributed by atoms with Gasteiger partial charge in [-0.2, -0.15) is 0 Å². The molecule has 0 aromatic carbocycles. The highest BCUT2D eigenvalue weighted by atomic mass is 16.6. The standard InChI is InChI=1S/C13H25NO5/c1-8(2)6-9(10(15)7-11(16)17)14-12(18)19-13(3,4)5/h8-10,15H,6-7H2,1-5H3,(H,14,18)(H,16,17)/p-1/t9-,10+/m0/s1. The summed E-state index contributed by atoms with van der Waals surface area (Å²) in [5.74, 6) is -1.16. The Kier molecular flexibility index (Phi) is 6.83. The number of rotatable bonds is 6. The van der Waals surface area contributed by atoms with Gasteiger partial charge in [-0.1, -0.05) is 13.8 Å². The van der Waals surface area contributed by atoms with Gasteiger partial charge in [-0.25, -0.2) is 4.79 Å². The first kappa shape index (κ1) is 17.7. The maximum absolute atomic E-state index is 11.6. The quantitative estimate of drug-likeness (QED) is 0.731. The number of nitrogens with one attached hydrogen (secondary N) is 1. The molecule has 0 heterocycles. The number of alkyl carbamates (subject to hydrolysis) is 1. The molecule has 0 bridgehead atoms. The third-order valence-electron chi connectivity index (χ3n) is 2.27. The number of carboxylic acids is 1. The number of aliphatic carboxylic acids is 1. The lowest BCUT2D eigenvalue weighted by Gasteiger charge is -2.28. The van der Waals surface area contributed by atoms with Crippen molar-refractivity contribution < 1.29 is 24.5 Å². The minimum Gasteiger partial charge on any atom is -0.550 e. The average Bonchev–Trinajstić information content (AvgIpc) is 2.11. The number of hydrogen-bond acceptors (Lipinski definition) is 5. The predicted octanol–water partition coefficient (Wildman–Crippen LogP) is 0.427. The zero-order valence-electron chi connectivity index (χ0n) is 12.2. The van der Waals surface area contributed by atoms with Crippen LogP contribution in [-0.2, 0) is 9.53 Å². The van der Waals surface area contributed by atoms with E-state index in [0.29, 0.717) is 6.42 Å². The lowest BCUT2D eigenvalue weighted by Crippen LogP contribution is -2.47. The van der Waals surface area contributed by atoms with Crippen LogP contribution in [0.4, 0.5) is 4.79 Å². The summed E-state index contributed by atoms with van der Waals surface area (Å²) in [5, 5.41) is 22.8. The zero-order valence-corrected chi connectivity index (χ0v) is 12.2. The molecule has 2 N–H and O–H groups in total. The summed E-state index contributed by atoms with van der Waals surface area (Å²) in [4.78, 5) is 22.1. The number of carbonyl (C=O) groups excluding carboxylic acids is 2. The molecule has 0 spiro atoms. The van der Waals surface area contributed by atoms with Crippen LogP contribution in [0.25, 0.3) is 0 Å². The maximum atomic E-state index is 11.6. The Balaban J connectivity index is 4.58. The van der Waals surface area contributed by atoms with Crippen molar-refractivity contribution in [3.63, 3.8) is 0 Å². The van der Waals surface area contributed by atoms with Gasteiger partial charge in [0.05, 0.1) is 12.1 Å². The molecule has 0 aliphatic heterocycles. The Labute approximate surface area is 114 Å². The van der Waals surface area contributed by atoms with Crippen molar-refractivity contribution in [1.29, 1.82) is 0 Å². The first-order valence-electron chi connectivity index (χ1n) is 6.38. The van der Waals surface area contributed by atoms with E-state index in [1.807, 2.05) is 13.8 Å². The van der Waals surface area contributed by atoms with Gasteiger partial charge in [-0.05, 0) is 33.1 Å². The summed E-state index contributed by atoms with van der Waals surface area (Å²) in [5.41, 5.74) is -0.647.